The van der Waals surface area contributed by atoms with Gasteiger partial charge in [0.2, 0.25) is 5.28 Å². The quantitative estimate of drug-likeness (QED) is 0.549. The van der Waals surface area contributed by atoms with E-state index in [2.05, 4.69) is 9.97 Å². The summed E-state index contributed by atoms with van der Waals surface area (Å²) >= 11 is 5.57. The van der Waals surface area contributed by atoms with E-state index >= 15 is 0 Å². The number of hydrogen-bond acceptors (Lipinski definition) is 3. The summed E-state index contributed by atoms with van der Waals surface area (Å²) in [7, 11) is 0. The highest BCUT2D eigenvalue weighted by molar-refractivity contribution is 6.28. The zero-order valence-corrected chi connectivity index (χ0v) is 7.79. The van der Waals surface area contributed by atoms with Crippen molar-refractivity contribution >= 4 is 17.4 Å². The number of carbonyl (C=O) groups excluding carboxylic acids is 1. The third-order valence-electron chi connectivity index (χ3n) is 2.08. The van der Waals surface area contributed by atoms with Crippen LogP contribution in [0.1, 0.15) is 29.8 Å². The molecule has 0 atom stereocenters. The van der Waals surface area contributed by atoms with Gasteiger partial charge in [-0.1, -0.05) is 0 Å². The van der Waals surface area contributed by atoms with E-state index in [1.165, 1.54) is 19.0 Å². The Bertz CT molecular complexity index is 336. The summed E-state index contributed by atoms with van der Waals surface area (Å²) in [6.07, 6.45) is 4.46. The van der Waals surface area contributed by atoms with Crippen molar-refractivity contribution in [3.05, 3.63) is 23.2 Å². The second kappa shape index (κ2) is 3.42. The van der Waals surface area contributed by atoms with Gasteiger partial charge < -0.3 is 0 Å². The van der Waals surface area contributed by atoms with Crippen LogP contribution in [0.3, 0.4) is 0 Å². The molecule has 0 bridgehead atoms. The highest BCUT2D eigenvalue weighted by Crippen LogP contribution is 2.33. The van der Waals surface area contributed by atoms with Crippen LogP contribution in [-0.2, 0) is 0 Å². The molecule has 0 amide bonds. The summed E-state index contributed by atoms with van der Waals surface area (Å²) in [6.45, 7) is 0. The van der Waals surface area contributed by atoms with Crippen LogP contribution in [0.5, 0.6) is 0 Å². The minimum atomic E-state index is 0.0757. The molecule has 1 aromatic heterocycles. The number of aromatic nitrogens is 2. The first-order valence-corrected chi connectivity index (χ1v) is 4.65. The predicted octanol–water partition coefficient (Wildman–Crippen LogP) is 2.11. The lowest BCUT2D eigenvalue weighted by Crippen LogP contribution is -2.03. The molecule has 13 heavy (non-hydrogen) atoms. The molecule has 0 N–H and O–H groups in total. The lowest BCUT2D eigenvalue weighted by molar-refractivity contribution is 0.0971. The highest BCUT2D eigenvalue weighted by atomic mass is 35.5. The summed E-state index contributed by atoms with van der Waals surface area (Å²) in [5.74, 6) is 0.660. The molecule has 2 rings (SSSR count). The maximum Gasteiger partial charge on any atom is 0.222 e. The molecule has 3 nitrogen and oxygen atoms in total. The Morgan fingerprint density at radius 1 is 1.62 bits per heavy atom. The van der Waals surface area contributed by atoms with Gasteiger partial charge in [0.15, 0.2) is 5.78 Å². The fraction of sp³-hybridized carbons (Fsp3) is 0.444. The summed E-state index contributed by atoms with van der Waals surface area (Å²) in [5.41, 5.74) is 0.437. The second-order valence-corrected chi connectivity index (χ2v) is 3.62. The van der Waals surface area contributed by atoms with Crippen molar-refractivity contribution in [2.24, 2.45) is 5.92 Å². The highest BCUT2D eigenvalue weighted by Gasteiger charge is 2.25. The maximum absolute atomic E-state index is 11.5. The zero-order chi connectivity index (χ0) is 9.26. The molecule has 1 aliphatic carbocycles. The van der Waals surface area contributed by atoms with Crippen LogP contribution in [0.4, 0.5) is 0 Å². The van der Waals surface area contributed by atoms with Gasteiger partial charge in [-0.05, 0) is 36.4 Å². The molecule has 4 heteroatoms. The van der Waals surface area contributed by atoms with Gasteiger partial charge >= 0.3 is 0 Å². The number of hydrogen-bond donors (Lipinski definition) is 0. The molecule has 0 aliphatic heterocycles. The van der Waals surface area contributed by atoms with Crippen molar-refractivity contribution in [2.75, 3.05) is 0 Å². The van der Waals surface area contributed by atoms with Gasteiger partial charge in [-0.2, -0.15) is 0 Å². The molecule has 0 aromatic carbocycles. The van der Waals surface area contributed by atoms with E-state index in [9.17, 15) is 4.79 Å². The number of rotatable bonds is 3. The molecule has 68 valence electrons. The molecule has 1 fully saturated rings. The number of nitrogens with zero attached hydrogens (tertiary/aromatic N) is 2. The smallest absolute Gasteiger partial charge is 0.222 e. The fourth-order valence-electron chi connectivity index (χ4n) is 1.18. The summed E-state index contributed by atoms with van der Waals surface area (Å²) in [5, 5.41) is 0.140. The average Bonchev–Trinajstić information content (AvgIpc) is 2.88. The van der Waals surface area contributed by atoms with E-state index in [0.29, 0.717) is 18.0 Å². The molecule has 1 aliphatic rings. The van der Waals surface area contributed by atoms with E-state index in [4.69, 9.17) is 11.6 Å². The molecule has 1 saturated carbocycles. The molecular weight excluding hydrogens is 188 g/mol. The van der Waals surface area contributed by atoms with Crippen LogP contribution in [0, 0.1) is 5.92 Å². The van der Waals surface area contributed by atoms with Gasteiger partial charge in [0.05, 0.1) is 0 Å². The Balaban J connectivity index is 2.09. The first kappa shape index (κ1) is 8.63. The van der Waals surface area contributed by atoms with Crippen molar-refractivity contribution in [1.82, 2.24) is 9.97 Å². The Morgan fingerprint density at radius 2 is 2.38 bits per heavy atom. The second-order valence-electron chi connectivity index (χ2n) is 3.28. The molecule has 0 saturated heterocycles. The van der Waals surface area contributed by atoms with E-state index in [0.717, 1.165) is 0 Å². The average molecular weight is 197 g/mol. The predicted molar refractivity (Wildman–Crippen MR) is 48.7 cm³/mol. The topological polar surface area (TPSA) is 42.9 Å². The lowest BCUT2D eigenvalue weighted by Gasteiger charge is -1.97. The van der Waals surface area contributed by atoms with E-state index in [-0.39, 0.29) is 11.1 Å². The van der Waals surface area contributed by atoms with Gasteiger partial charge in [0.25, 0.3) is 0 Å². The lowest BCUT2D eigenvalue weighted by atomic mass is 10.1. The van der Waals surface area contributed by atoms with Crippen LogP contribution < -0.4 is 0 Å². The molecule has 1 heterocycles. The Morgan fingerprint density at radius 3 is 3.00 bits per heavy atom. The summed E-state index contributed by atoms with van der Waals surface area (Å²) in [6, 6.07) is 1.61. The maximum atomic E-state index is 11.5. The molecule has 1 aromatic rings. The number of ketones is 1. The molecule has 0 spiro atoms. The van der Waals surface area contributed by atoms with Gasteiger partial charge in [-0.3, -0.25) is 4.79 Å². The molecule has 0 unspecified atom stereocenters. The van der Waals surface area contributed by atoms with Crippen molar-refractivity contribution in [2.45, 2.75) is 19.3 Å². The minimum absolute atomic E-state index is 0.0757. The van der Waals surface area contributed by atoms with Crippen LogP contribution >= 0.6 is 11.6 Å². The van der Waals surface area contributed by atoms with Crippen molar-refractivity contribution < 1.29 is 4.79 Å². The Kier molecular flexibility index (Phi) is 2.27. The largest absolute Gasteiger partial charge is 0.292 e. The zero-order valence-electron chi connectivity index (χ0n) is 7.03. The third kappa shape index (κ3) is 2.25. The Labute approximate surface area is 81.2 Å². The minimum Gasteiger partial charge on any atom is -0.292 e. The van der Waals surface area contributed by atoms with Crippen LogP contribution in [0.25, 0.3) is 0 Å². The third-order valence-corrected chi connectivity index (χ3v) is 2.26. The molecule has 0 radical (unpaired) electrons. The van der Waals surface area contributed by atoms with Gasteiger partial charge in [-0.25, -0.2) is 9.97 Å². The van der Waals surface area contributed by atoms with E-state index < -0.39 is 0 Å². The van der Waals surface area contributed by atoms with Crippen molar-refractivity contribution in [3.63, 3.8) is 0 Å². The Hall–Kier alpha value is -0.960. The monoisotopic (exact) mass is 196 g/mol. The number of carbonyl (C=O) groups is 1. The SMILES string of the molecule is O=C(CC1CC1)c1ccnc(Cl)n1. The fourth-order valence-corrected chi connectivity index (χ4v) is 1.33. The van der Waals surface area contributed by atoms with E-state index in [1.807, 2.05) is 0 Å². The first-order valence-electron chi connectivity index (χ1n) is 4.27. The first-order chi connectivity index (χ1) is 6.25. The van der Waals surface area contributed by atoms with E-state index in [1.54, 1.807) is 6.07 Å². The van der Waals surface area contributed by atoms with Gasteiger partial charge in [-0.15, -0.1) is 0 Å². The van der Waals surface area contributed by atoms with Gasteiger partial charge in [0, 0.05) is 12.6 Å². The number of Topliss-reactive ketones (excluding diaryl/α,β-unsaturated/α-hetero) is 1. The van der Waals surface area contributed by atoms with Crippen molar-refractivity contribution in [1.29, 1.82) is 0 Å². The van der Waals surface area contributed by atoms with Crippen LogP contribution in [-0.4, -0.2) is 15.8 Å². The van der Waals surface area contributed by atoms with Crippen molar-refractivity contribution in [3.8, 4) is 0 Å². The summed E-state index contributed by atoms with van der Waals surface area (Å²) < 4.78 is 0. The van der Waals surface area contributed by atoms with Crippen LogP contribution in [0.15, 0.2) is 12.3 Å². The summed E-state index contributed by atoms with van der Waals surface area (Å²) in [4.78, 5) is 19.1. The standard InChI is InChI=1S/C9H9ClN2O/c10-9-11-4-3-7(12-9)8(13)5-6-1-2-6/h3-4,6H,1-2,5H2. The normalized spacial score (nSPS) is 15.8. The number of halogens is 1. The van der Waals surface area contributed by atoms with Gasteiger partial charge in [0.1, 0.15) is 5.69 Å². The molecular formula is C9H9ClN2O. The van der Waals surface area contributed by atoms with Crippen LogP contribution in [0.2, 0.25) is 5.28 Å².